The van der Waals surface area contributed by atoms with E-state index in [-0.39, 0.29) is 0 Å². The molecule has 3 amide bonds. The van der Waals surface area contributed by atoms with E-state index in [4.69, 9.17) is 4.74 Å². The number of benzene rings is 3. The van der Waals surface area contributed by atoms with Crippen LogP contribution >= 0.6 is 15.9 Å². The fraction of sp³-hybridized carbons (Fsp3) is 0.192. The number of hydrazine groups is 1. The van der Waals surface area contributed by atoms with Crippen LogP contribution in [0.2, 0.25) is 0 Å². The van der Waals surface area contributed by atoms with Crippen LogP contribution in [0.15, 0.2) is 77.3 Å². The molecule has 0 bridgehead atoms. The van der Waals surface area contributed by atoms with Crippen LogP contribution in [0, 0.1) is 11.7 Å². The topological polar surface area (TPSA) is 79.0 Å². The average molecular weight is 538 g/mol. The van der Waals surface area contributed by atoms with Crippen molar-refractivity contribution in [3.05, 3.63) is 94.2 Å². The molecular weight excluding hydrogens is 517 g/mol. The second-order valence-electron chi connectivity index (χ2n) is 8.25. The number of carbonyl (C=O) groups excluding carboxylic acids is 3. The molecule has 35 heavy (non-hydrogen) atoms. The van der Waals surface area contributed by atoms with Gasteiger partial charge in [0.05, 0.1) is 24.3 Å². The Morgan fingerprint density at radius 1 is 1.03 bits per heavy atom. The van der Waals surface area contributed by atoms with Crippen molar-refractivity contribution >= 4 is 39.3 Å². The van der Waals surface area contributed by atoms with Gasteiger partial charge in [0, 0.05) is 10.0 Å². The Kier molecular flexibility index (Phi) is 6.12. The van der Waals surface area contributed by atoms with Gasteiger partial charge in [-0.25, -0.2) is 14.7 Å². The van der Waals surface area contributed by atoms with E-state index in [1.165, 1.54) is 17.1 Å². The molecule has 2 heterocycles. The molecule has 3 aromatic rings. The first-order valence-electron chi connectivity index (χ1n) is 11.1. The molecule has 1 N–H and O–H groups in total. The summed E-state index contributed by atoms with van der Waals surface area (Å²) in [4.78, 5) is 41.8. The monoisotopic (exact) mass is 537 g/mol. The molecule has 2 fully saturated rings. The van der Waals surface area contributed by atoms with Gasteiger partial charge in [-0.3, -0.25) is 19.4 Å². The SMILES string of the molecule is CCOc1ccc(N2C(=O)C3C(c4ccc(F)cc4)NN(C(=O)c4cccc(Br)c4)C3C2=O)cc1. The largest absolute Gasteiger partial charge is 0.494 e. The molecule has 0 radical (unpaired) electrons. The van der Waals surface area contributed by atoms with Crippen LogP contribution in [0.25, 0.3) is 0 Å². The Bertz CT molecular complexity index is 1300. The van der Waals surface area contributed by atoms with E-state index >= 15 is 0 Å². The lowest BCUT2D eigenvalue weighted by atomic mass is 9.91. The number of rotatable bonds is 5. The molecule has 0 aliphatic carbocycles. The summed E-state index contributed by atoms with van der Waals surface area (Å²) in [7, 11) is 0. The molecule has 3 atom stereocenters. The van der Waals surface area contributed by atoms with Crippen LogP contribution in [0.5, 0.6) is 5.75 Å². The van der Waals surface area contributed by atoms with Crippen LogP contribution in [0.3, 0.4) is 0 Å². The second-order valence-corrected chi connectivity index (χ2v) is 9.17. The molecule has 9 heteroatoms. The van der Waals surface area contributed by atoms with Crippen LogP contribution in [0.1, 0.15) is 28.9 Å². The zero-order valence-corrected chi connectivity index (χ0v) is 20.2. The predicted octanol–water partition coefficient (Wildman–Crippen LogP) is 4.25. The van der Waals surface area contributed by atoms with Crippen molar-refractivity contribution in [1.82, 2.24) is 10.4 Å². The van der Waals surface area contributed by atoms with Gasteiger partial charge in [-0.1, -0.05) is 34.1 Å². The van der Waals surface area contributed by atoms with Gasteiger partial charge < -0.3 is 4.74 Å². The maximum Gasteiger partial charge on any atom is 0.268 e. The first-order chi connectivity index (χ1) is 16.9. The van der Waals surface area contributed by atoms with Gasteiger partial charge in [-0.15, -0.1) is 0 Å². The summed E-state index contributed by atoms with van der Waals surface area (Å²) >= 11 is 3.36. The fourth-order valence-electron chi connectivity index (χ4n) is 4.60. The minimum Gasteiger partial charge on any atom is -0.494 e. The van der Waals surface area contributed by atoms with Gasteiger partial charge in [-0.05, 0) is 67.1 Å². The number of ether oxygens (including phenoxy) is 1. The van der Waals surface area contributed by atoms with Crippen LogP contribution in [0.4, 0.5) is 10.1 Å². The van der Waals surface area contributed by atoms with Crippen molar-refractivity contribution in [2.45, 2.75) is 19.0 Å². The number of halogens is 2. The zero-order chi connectivity index (χ0) is 24.7. The van der Waals surface area contributed by atoms with Crippen molar-refractivity contribution in [3.8, 4) is 5.75 Å². The van der Waals surface area contributed by atoms with E-state index in [1.54, 1.807) is 60.7 Å². The summed E-state index contributed by atoms with van der Waals surface area (Å²) in [5.41, 5.74) is 4.41. The number of imide groups is 1. The number of nitrogens with one attached hydrogen (secondary N) is 1. The highest BCUT2D eigenvalue weighted by molar-refractivity contribution is 9.10. The number of nitrogens with zero attached hydrogens (tertiary/aromatic N) is 2. The van der Waals surface area contributed by atoms with Crippen LogP contribution < -0.4 is 15.1 Å². The molecule has 0 aromatic heterocycles. The Balaban J connectivity index is 1.54. The molecule has 3 unspecified atom stereocenters. The van der Waals surface area contributed by atoms with E-state index in [0.29, 0.717) is 33.6 Å². The lowest BCUT2D eigenvalue weighted by Gasteiger charge is -2.25. The number of anilines is 1. The summed E-state index contributed by atoms with van der Waals surface area (Å²) in [6, 6.07) is 17.4. The molecular formula is C26H21BrFN3O4. The highest BCUT2D eigenvalue weighted by Crippen LogP contribution is 2.42. The van der Waals surface area contributed by atoms with E-state index in [9.17, 15) is 18.8 Å². The Morgan fingerprint density at radius 2 is 1.74 bits per heavy atom. The molecule has 2 aliphatic heterocycles. The van der Waals surface area contributed by atoms with E-state index in [1.807, 2.05) is 6.92 Å². The standard InChI is InChI=1S/C26H21BrFN3O4/c1-2-35-20-12-10-19(11-13-20)30-25(33)21-22(15-6-8-18(28)9-7-15)29-31(23(21)26(30)34)24(32)16-4-3-5-17(27)14-16/h3-14,21-23,29H,2H2,1H3. The van der Waals surface area contributed by atoms with Crippen LogP contribution in [-0.4, -0.2) is 35.4 Å². The van der Waals surface area contributed by atoms with Gasteiger partial charge in [-0.2, -0.15) is 0 Å². The molecule has 5 rings (SSSR count). The Hall–Kier alpha value is -3.56. The highest BCUT2D eigenvalue weighted by atomic mass is 79.9. The first kappa shape index (κ1) is 23.2. The third kappa shape index (κ3) is 4.11. The molecule has 0 saturated carbocycles. The van der Waals surface area contributed by atoms with Gasteiger partial charge in [0.2, 0.25) is 5.91 Å². The molecule has 7 nitrogen and oxygen atoms in total. The lowest BCUT2D eigenvalue weighted by molar-refractivity contribution is -0.123. The minimum absolute atomic E-state index is 0.352. The van der Waals surface area contributed by atoms with Gasteiger partial charge >= 0.3 is 0 Å². The van der Waals surface area contributed by atoms with Gasteiger partial charge in [0.1, 0.15) is 17.6 Å². The summed E-state index contributed by atoms with van der Waals surface area (Å²) in [5.74, 6) is -2.07. The lowest BCUT2D eigenvalue weighted by Crippen LogP contribution is -2.48. The third-order valence-electron chi connectivity index (χ3n) is 6.16. The number of fused-ring (bicyclic) bond motifs is 1. The van der Waals surface area contributed by atoms with Gasteiger partial charge in [0.25, 0.3) is 11.8 Å². The third-order valence-corrected chi connectivity index (χ3v) is 6.65. The normalized spacial score (nSPS) is 21.4. The Labute approximate surface area is 209 Å². The number of hydrogen-bond acceptors (Lipinski definition) is 5. The number of hydrogen-bond donors (Lipinski definition) is 1. The highest BCUT2D eigenvalue weighted by Gasteiger charge is 2.60. The maximum absolute atomic E-state index is 13.6. The van der Waals surface area contributed by atoms with Crippen molar-refractivity contribution < 1.29 is 23.5 Å². The fourth-order valence-corrected chi connectivity index (χ4v) is 4.99. The quantitative estimate of drug-likeness (QED) is 0.492. The Morgan fingerprint density at radius 3 is 2.40 bits per heavy atom. The van der Waals surface area contributed by atoms with E-state index in [0.717, 1.165) is 4.90 Å². The predicted molar refractivity (Wildman–Crippen MR) is 130 cm³/mol. The van der Waals surface area contributed by atoms with Crippen molar-refractivity contribution in [2.24, 2.45) is 5.92 Å². The van der Waals surface area contributed by atoms with Crippen LogP contribution in [-0.2, 0) is 9.59 Å². The average Bonchev–Trinajstić information content (AvgIpc) is 3.37. The first-order valence-corrected chi connectivity index (χ1v) is 11.9. The summed E-state index contributed by atoms with van der Waals surface area (Å²) in [6.45, 7) is 2.35. The zero-order valence-electron chi connectivity index (χ0n) is 18.7. The number of amides is 3. The molecule has 0 spiro atoms. The smallest absolute Gasteiger partial charge is 0.268 e. The minimum atomic E-state index is -1.06. The molecule has 3 aromatic carbocycles. The second kappa shape index (κ2) is 9.24. The summed E-state index contributed by atoms with van der Waals surface area (Å²) in [6.07, 6.45) is 0. The summed E-state index contributed by atoms with van der Waals surface area (Å²) in [5, 5.41) is 1.23. The van der Waals surface area contributed by atoms with Crippen molar-refractivity contribution in [2.75, 3.05) is 11.5 Å². The summed E-state index contributed by atoms with van der Waals surface area (Å²) < 4.78 is 19.8. The number of carbonyl (C=O) groups is 3. The van der Waals surface area contributed by atoms with Crippen molar-refractivity contribution in [1.29, 1.82) is 0 Å². The molecule has 178 valence electrons. The van der Waals surface area contributed by atoms with E-state index in [2.05, 4.69) is 21.4 Å². The van der Waals surface area contributed by atoms with Gasteiger partial charge in [0.15, 0.2) is 0 Å². The maximum atomic E-state index is 13.6. The molecule has 2 aliphatic rings. The molecule has 2 saturated heterocycles. The van der Waals surface area contributed by atoms with E-state index < -0.39 is 41.5 Å². The van der Waals surface area contributed by atoms with Crippen molar-refractivity contribution in [3.63, 3.8) is 0 Å².